The number of carbonyl (C=O) groups is 1. The second-order valence-corrected chi connectivity index (χ2v) is 8.05. The lowest BCUT2D eigenvalue weighted by molar-refractivity contribution is 0.0955. The third-order valence-corrected chi connectivity index (χ3v) is 5.59. The first-order chi connectivity index (χ1) is 14.7. The number of carbonyl (C=O) groups excluding carboxylic acids is 1. The fourth-order valence-electron chi connectivity index (χ4n) is 2.81. The number of aromatic nitrogens is 1. The standard InChI is InChI=1S/C24H18ClN3OS/c25-20-8-12-23(13-9-20)30-22-10-6-18(7-11-22)17-26-27-24(29)19-4-3-5-21(16-19)28-14-1-2-15-28/h1-17H,(H,27,29)/b26-17+. The predicted molar refractivity (Wildman–Crippen MR) is 123 cm³/mol. The summed E-state index contributed by atoms with van der Waals surface area (Å²) in [6, 6.07) is 27.0. The molecule has 0 saturated carbocycles. The van der Waals surface area contributed by atoms with Crippen LogP contribution >= 0.6 is 23.4 Å². The van der Waals surface area contributed by atoms with Crippen molar-refractivity contribution in [1.29, 1.82) is 0 Å². The summed E-state index contributed by atoms with van der Waals surface area (Å²) in [6.07, 6.45) is 5.50. The first-order valence-electron chi connectivity index (χ1n) is 9.28. The van der Waals surface area contributed by atoms with Crippen LogP contribution in [0.15, 0.2) is 112 Å². The van der Waals surface area contributed by atoms with Crippen LogP contribution in [0.4, 0.5) is 0 Å². The molecular formula is C24H18ClN3OS. The van der Waals surface area contributed by atoms with Crippen LogP contribution in [0.25, 0.3) is 5.69 Å². The summed E-state index contributed by atoms with van der Waals surface area (Å²) in [4.78, 5) is 14.6. The summed E-state index contributed by atoms with van der Waals surface area (Å²) < 4.78 is 1.95. The van der Waals surface area contributed by atoms with Crippen molar-refractivity contribution in [1.82, 2.24) is 9.99 Å². The second-order valence-electron chi connectivity index (χ2n) is 6.46. The largest absolute Gasteiger partial charge is 0.324 e. The van der Waals surface area contributed by atoms with E-state index in [4.69, 9.17) is 11.6 Å². The first-order valence-corrected chi connectivity index (χ1v) is 10.5. The molecule has 30 heavy (non-hydrogen) atoms. The van der Waals surface area contributed by atoms with Gasteiger partial charge in [0, 0.05) is 38.5 Å². The van der Waals surface area contributed by atoms with Gasteiger partial charge in [-0.05, 0) is 72.3 Å². The molecule has 1 aromatic heterocycles. The maximum absolute atomic E-state index is 12.4. The van der Waals surface area contributed by atoms with Crippen LogP contribution in [0, 0.1) is 0 Å². The lowest BCUT2D eigenvalue weighted by atomic mass is 10.2. The van der Waals surface area contributed by atoms with Gasteiger partial charge in [-0.3, -0.25) is 4.79 Å². The van der Waals surface area contributed by atoms with E-state index >= 15 is 0 Å². The molecule has 0 spiro atoms. The van der Waals surface area contributed by atoms with Crippen molar-refractivity contribution in [3.8, 4) is 5.69 Å². The van der Waals surface area contributed by atoms with Gasteiger partial charge in [0.25, 0.3) is 5.91 Å². The summed E-state index contributed by atoms with van der Waals surface area (Å²) in [5.74, 6) is -0.254. The van der Waals surface area contributed by atoms with Crippen molar-refractivity contribution in [2.24, 2.45) is 5.10 Å². The highest BCUT2D eigenvalue weighted by Crippen LogP contribution is 2.28. The van der Waals surface area contributed by atoms with Crippen molar-refractivity contribution in [3.05, 3.63) is 113 Å². The van der Waals surface area contributed by atoms with E-state index in [1.165, 1.54) is 0 Å². The summed E-state index contributed by atoms with van der Waals surface area (Å²) in [5, 5.41) is 4.81. The zero-order valence-electron chi connectivity index (χ0n) is 15.9. The summed E-state index contributed by atoms with van der Waals surface area (Å²) >= 11 is 7.58. The summed E-state index contributed by atoms with van der Waals surface area (Å²) in [5.41, 5.74) is 4.95. The molecule has 0 aliphatic heterocycles. The van der Waals surface area contributed by atoms with Crippen molar-refractivity contribution in [2.45, 2.75) is 9.79 Å². The summed E-state index contributed by atoms with van der Waals surface area (Å²) in [7, 11) is 0. The highest BCUT2D eigenvalue weighted by molar-refractivity contribution is 7.99. The number of hydrogen-bond acceptors (Lipinski definition) is 3. The van der Waals surface area contributed by atoms with E-state index in [9.17, 15) is 4.79 Å². The SMILES string of the molecule is O=C(N/N=C/c1ccc(Sc2ccc(Cl)cc2)cc1)c1cccc(-n2cccc2)c1. The van der Waals surface area contributed by atoms with E-state index in [2.05, 4.69) is 10.5 Å². The Morgan fingerprint density at radius 2 is 1.57 bits per heavy atom. The molecule has 0 bridgehead atoms. The van der Waals surface area contributed by atoms with E-state index in [1.54, 1.807) is 24.0 Å². The number of hydrazone groups is 1. The number of hydrogen-bond donors (Lipinski definition) is 1. The van der Waals surface area contributed by atoms with Gasteiger partial charge in [-0.15, -0.1) is 0 Å². The fourth-order valence-corrected chi connectivity index (χ4v) is 3.75. The Kier molecular flexibility index (Phi) is 6.32. The topological polar surface area (TPSA) is 46.4 Å². The lowest BCUT2D eigenvalue weighted by Crippen LogP contribution is -2.17. The van der Waals surface area contributed by atoms with Crippen molar-refractivity contribution >= 4 is 35.5 Å². The van der Waals surface area contributed by atoms with E-state index in [-0.39, 0.29) is 5.91 Å². The molecule has 4 nitrogen and oxygen atoms in total. The van der Waals surface area contributed by atoms with Crippen LogP contribution in [0.1, 0.15) is 15.9 Å². The molecule has 0 fully saturated rings. The smallest absolute Gasteiger partial charge is 0.271 e. The van der Waals surface area contributed by atoms with Crippen LogP contribution in [-0.4, -0.2) is 16.7 Å². The highest BCUT2D eigenvalue weighted by Gasteiger charge is 2.05. The van der Waals surface area contributed by atoms with Gasteiger partial charge in [0.2, 0.25) is 0 Å². The molecule has 6 heteroatoms. The Morgan fingerprint density at radius 3 is 2.27 bits per heavy atom. The molecule has 1 heterocycles. The van der Waals surface area contributed by atoms with Crippen LogP contribution in [0.2, 0.25) is 5.02 Å². The molecule has 3 aromatic carbocycles. The average Bonchev–Trinajstić information content (AvgIpc) is 3.32. The molecule has 0 aliphatic rings. The molecule has 148 valence electrons. The normalized spacial score (nSPS) is 11.0. The van der Waals surface area contributed by atoms with E-state index in [0.29, 0.717) is 5.56 Å². The van der Waals surface area contributed by atoms with E-state index in [1.807, 2.05) is 95.8 Å². The predicted octanol–water partition coefficient (Wildman–Crippen LogP) is 6.05. The number of rotatable bonds is 6. The molecule has 1 N–H and O–H groups in total. The average molecular weight is 432 g/mol. The number of halogens is 1. The molecule has 4 aromatic rings. The first kappa shape index (κ1) is 20.0. The molecule has 0 radical (unpaired) electrons. The molecule has 0 aliphatic carbocycles. The van der Waals surface area contributed by atoms with Crippen molar-refractivity contribution in [3.63, 3.8) is 0 Å². The van der Waals surface area contributed by atoms with Crippen molar-refractivity contribution in [2.75, 3.05) is 0 Å². The van der Waals surface area contributed by atoms with Gasteiger partial charge in [0.05, 0.1) is 6.21 Å². The lowest BCUT2D eigenvalue weighted by Gasteiger charge is -2.05. The van der Waals surface area contributed by atoms with Crippen LogP contribution < -0.4 is 5.43 Å². The fraction of sp³-hybridized carbons (Fsp3) is 0. The zero-order valence-corrected chi connectivity index (χ0v) is 17.5. The molecule has 0 atom stereocenters. The maximum atomic E-state index is 12.4. The van der Waals surface area contributed by atoms with Gasteiger partial charge in [-0.1, -0.05) is 41.6 Å². The van der Waals surface area contributed by atoms with Crippen LogP contribution in [0.5, 0.6) is 0 Å². The monoisotopic (exact) mass is 431 g/mol. The second kappa shape index (κ2) is 9.48. The Labute approximate surface area is 184 Å². The molecular weight excluding hydrogens is 414 g/mol. The number of amides is 1. The van der Waals surface area contributed by atoms with Gasteiger partial charge >= 0.3 is 0 Å². The summed E-state index contributed by atoms with van der Waals surface area (Å²) in [6.45, 7) is 0. The minimum Gasteiger partial charge on any atom is -0.324 e. The number of benzene rings is 3. The van der Waals surface area contributed by atoms with Crippen LogP contribution in [-0.2, 0) is 0 Å². The molecule has 4 rings (SSSR count). The van der Waals surface area contributed by atoms with Gasteiger partial charge in [0.1, 0.15) is 0 Å². The third-order valence-electron chi connectivity index (χ3n) is 4.32. The molecule has 0 saturated heterocycles. The molecule has 0 unspecified atom stereocenters. The zero-order chi connectivity index (χ0) is 20.8. The van der Waals surface area contributed by atoms with E-state index in [0.717, 1.165) is 26.1 Å². The highest BCUT2D eigenvalue weighted by atomic mass is 35.5. The minimum atomic E-state index is -0.254. The van der Waals surface area contributed by atoms with Gasteiger partial charge in [0.15, 0.2) is 0 Å². The Morgan fingerprint density at radius 1 is 0.900 bits per heavy atom. The van der Waals surface area contributed by atoms with Crippen LogP contribution in [0.3, 0.4) is 0 Å². The Hall–Kier alpha value is -3.28. The Bertz CT molecular complexity index is 1150. The number of nitrogens with zero attached hydrogens (tertiary/aromatic N) is 2. The van der Waals surface area contributed by atoms with E-state index < -0.39 is 0 Å². The minimum absolute atomic E-state index is 0.254. The van der Waals surface area contributed by atoms with Gasteiger partial charge in [-0.25, -0.2) is 5.43 Å². The third kappa shape index (κ3) is 5.20. The number of nitrogens with one attached hydrogen (secondary N) is 1. The quantitative estimate of drug-likeness (QED) is 0.298. The molecule has 1 amide bonds. The maximum Gasteiger partial charge on any atom is 0.271 e. The van der Waals surface area contributed by atoms with Gasteiger partial charge in [-0.2, -0.15) is 5.10 Å². The van der Waals surface area contributed by atoms with Crippen molar-refractivity contribution < 1.29 is 4.79 Å². The Balaban J connectivity index is 1.35. The van der Waals surface area contributed by atoms with Gasteiger partial charge < -0.3 is 4.57 Å².